The molecule has 1 aromatic heterocycles. The van der Waals surface area contributed by atoms with E-state index in [-0.39, 0.29) is 23.4 Å². The predicted molar refractivity (Wildman–Crippen MR) is 151 cm³/mol. The summed E-state index contributed by atoms with van der Waals surface area (Å²) in [5.74, 6) is 0.968. The number of esters is 1. The Morgan fingerprint density at radius 2 is 1.93 bits per heavy atom. The Morgan fingerprint density at radius 1 is 1.20 bits per heavy atom. The lowest BCUT2D eigenvalue weighted by molar-refractivity contribution is -0.384. The fourth-order valence-corrected chi connectivity index (χ4v) is 5.38. The summed E-state index contributed by atoms with van der Waals surface area (Å²) in [4.78, 5) is 42.5. The molecular formula is C29H31N3O7S. The molecule has 1 unspecified atom stereocenters. The number of nitro benzene ring substituents is 1. The lowest BCUT2D eigenvalue weighted by Crippen LogP contribution is -2.40. The second kappa shape index (κ2) is 12.3. The highest BCUT2D eigenvalue weighted by atomic mass is 32.1. The van der Waals surface area contributed by atoms with Crippen LogP contribution in [0, 0.1) is 16.0 Å². The topological polar surface area (TPSA) is 122 Å². The van der Waals surface area contributed by atoms with Crippen LogP contribution in [0.3, 0.4) is 0 Å². The summed E-state index contributed by atoms with van der Waals surface area (Å²) < 4.78 is 18.8. The first-order valence-corrected chi connectivity index (χ1v) is 13.7. The number of aromatic nitrogens is 1. The second-order valence-electron chi connectivity index (χ2n) is 9.59. The van der Waals surface area contributed by atoms with Crippen molar-refractivity contribution in [2.24, 2.45) is 10.9 Å². The van der Waals surface area contributed by atoms with E-state index in [4.69, 9.17) is 14.2 Å². The minimum absolute atomic E-state index is 0.0427. The van der Waals surface area contributed by atoms with Crippen LogP contribution in [-0.4, -0.2) is 35.8 Å². The molecule has 210 valence electrons. The number of hydrogen-bond donors (Lipinski definition) is 0. The number of ether oxygens (including phenoxy) is 3. The number of carbonyl (C=O) groups is 1. The molecule has 2 aromatic carbocycles. The number of benzene rings is 2. The van der Waals surface area contributed by atoms with Gasteiger partial charge in [-0.2, -0.15) is 0 Å². The second-order valence-corrected chi connectivity index (χ2v) is 10.6. The van der Waals surface area contributed by atoms with Crippen molar-refractivity contribution in [1.82, 2.24) is 4.57 Å². The molecule has 1 aliphatic rings. The first-order chi connectivity index (χ1) is 19.1. The van der Waals surface area contributed by atoms with E-state index in [9.17, 15) is 19.7 Å². The third-order valence-corrected chi connectivity index (χ3v) is 7.36. The summed E-state index contributed by atoms with van der Waals surface area (Å²) in [6.07, 6.45) is 2.53. The lowest BCUT2D eigenvalue weighted by Gasteiger charge is -2.25. The highest BCUT2D eigenvalue weighted by Crippen LogP contribution is 2.36. The van der Waals surface area contributed by atoms with Crippen LogP contribution in [0.1, 0.15) is 51.3 Å². The van der Waals surface area contributed by atoms with Crippen LogP contribution in [0.2, 0.25) is 0 Å². The van der Waals surface area contributed by atoms with Crippen LogP contribution in [-0.2, 0) is 9.53 Å². The van der Waals surface area contributed by atoms with Gasteiger partial charge in [-0.25, -0.2) is 9.79 Å². The van der Waals surface area contributed by atoms with E-state index in [1.54, 1.807) is 44.2 Å². The summed E-state index contributed by atoms with van der Waals surface area (Å²) >= 11 is 1.18. The number of nitro groups is 1. The summed E-state index contributed by atoms with van der Waals surface area (Å²) in [5.41, 5.74) is 1.57. The summed E-state index contributed by atoms with van der Waals surface area (Å²) in [6.45, 7) is 8.36. The van der Waals surface area contributed by atoms with Crippen LogP contribution in [0.4, 0.5) is 5.69 Å². The van der Waals surface area contributed by atoms with Crippen LogP contribution < -0.4 is 24.4 Å². The standard InChI is InChI=1S/C29H31N3O7S/c1-6-38-28(34)25-18(4)30-29-31(27(33)24(40-29)15-19-7-10-21(11-8-19)32(35)36)26(25)20-9-12-22(23(16-20)37-5)39-14-13-17(2)3/h7-12,15-17,26H,6,13-14H2,1-5H3/b24-15-. The van der Waals surface area contributed by atoms with E-state index >= 15 is 0 Å². The van der Waals surface area contributed by atoms with Crippen molar-refractivity contribution < 1.29 is 23.9 Å². The van der Waals surface area contributed by atoms with Crippen molar-refractivity contribution in [2.45, 2.75) is 40.2 Å². The average molecular weight is 566 g/mol. The van der Waals surface area contributed by atoms with Gasteiger partial charge in [0, 0.05) is 12.1 Å². The maximum absolute atomic E-state index is 13.8. The molecule has 0 saturated heterocycles. The Hall–Kier alpha value is -4.25. The molecule has 0 amide bonds. The van der Waals surface area contributed by atoms with Gasteiger partial charge in [-0.3, -0.25) is 19.5 Å². The zero-order valence-electron chi connectivity index (χ0n) is 23.0. The normalized spacial score (nSPS) is 15.1. The number of allylic oxidation sites excluding steroid dienone is 1. The van der Waals surface area contributed by atoms with Crippen molar-refractivity contribution in [3.05, 3.63) is 94.7 Å². The van der Waals surface area contributed by atoms with E-state index in [1.165, 1.54) is 35.1 Å². The number of fused-ring (bicyclic) bond motifs is 1. The monoisotopic (exact) mass is 565 g/mol. The quantitative estimate of drug-likeness (QED) is 0.206. The number of methoxy groups -OCH3 is 1. The molecule has 11 heteroatoms. The van der Waals surface area contributed by atoms with Gasteiger partial charge in [-0.1, -0.05) is 31.3 Å². The number of rotatable bonds is 10. The van der Waals surface area contributed by atoms with E-state index in [1.807, 2.05) is 6.07 Å². The Labute approximate surface area is 235 Å². The molecule has 1 aliphatic heterocycles. The molecule has 0 radical (unpaired) electrons. The maximum atomic E-state index is 13.8. The molecule has 10 nitrogen and oxygen atoms in total. The van der Waals surface area contributed by atoms with E-state index in [0.29, 0.717) is 50.2 Å². The van der Waals surface area contributed by atoms with Crippen LogP contribution in [0.25, 0.3) is 6.08 Å². The first-order valence-electron chi connectivity index (χ1n) is 12.9. The van der Waals surface area contributed by atoms with Gasteiger partial charge in [0.15, 0.2) is 16.3 Å². The Kier molecular flexibility index (Phi) is 8.83. The lowest BCUT2D eigenvalue weighted by atomic mass is 9.95. The molecule has 0 fully saturated rings. The Balaban J connectivity index is 1.85. The van der Waals surface area contributed by atoms with E-state index < -0.39 is 16.9 Å². The minimum atomic E-state index is -0.812. The maximum Gasteiger partial charge on any atom is 0.338 e. The van der Waals surface area contributed by atoms with Crippen molar-refractivity contribution in [2.75, 3.05) is 20.3 Å². The largest absolute Gasteiger partial charge is 0.493 e. The number of non-ortho nitro benzene ring substituents is 1. The highest BCUT2D eigenvalue weighted by Gasteiger charge is 2.34. The van der Waals surface area contributed by atoms with Crippen LogP contribution in [0.15, 0.2) is 63.5 Å². The van der Waals surface area contributed by atoms with Crippen molar-refractivity contribution in [3.8, 4) is 11.5 Å². The van der Waals surface area contributed by atoms with Gasteiger partial charge < -0.3 is 14.2 Å². The van der Waals surface area contributed by atoms with Gasteiger partial charge >= 0.3 is 5.97 Å². The average Bonchev–Trinajstić information content (AvgIpc) is 3.22. The smallest absolute Gasteiger partial charge is 0.338 e. The fraction of sp³-hybridized carbons (Fsp3) is 0.345. The molecule has 2 heterocycles. The number of thiazole rings is 1. The molecule has 0 N–H and O–H groups in total. The van der Waals surface area contributed by atoms with E-state index in [0.717, 1.165) is 6.42 Å². The number of nitrogens with zero attached hydrogens (tertiary/aromatic N) is 3. The van der Waals surface area contributed by atoms with Gasteiger partial charge in [-0.05, 0) is 67.7 Å². The minimum Gasteiger partial charge on any atom is -0.493 e. The molecule has 40 heavy (non-hydrogen) atoms. The molecule has 4 rings (SSSR count). The van der Waals surface area contributed by atoms with Crippen molar-refractivity contribution >= 4 is 29.1 Å². The Morgan fingerprint density at radius 3 is 2.55 bits per heavy atom. The molecule has 0 spiro atoms. The van der Waals surface area contributed by atoms with Gasteiger partial charge in [0.05, 0.1) is 47.1 Å². The molecule has 3 aromatic rings. The number of carbonyl (C=O) groups excluding carboxylic acids is 1. The van der Waals surface area contributed by atoms with Gasteiger partial charge in [0.25, 0.3) is 11.2 Å². The van der Waals surface area contributed by atoms with Crippen LogP contribution in [0.5, 0.6) is 11.5 Å². The van der Waals surface area contributed by atoms with E-state index in [2.05, 4.69) is 18.8 Å². The molecule has 0 aliphatic carbocycles. The highest BCUT2D eigenvalue weighted by molar-refractivity contribution is 7.07. The van der Waals surface area contributed by atoms with Gasteiger partial charge in [-0.15, -0.1) is 0 Å². The summed E-state index contributed by atoms with van der Waals surface area (Å²) in [6, 6.07) is 10.5. The first kappa shape index (κ1) is 28.8. The SMILES string of the molecule is CCOC(=O)C1=C(C)N=c2s/c(=C\c3ccc([N+](=O)[O-])cc3)c(=O)n2C1c1ccc(OCCC(C)C)c(OC)c1. The zero-order chi connectivity index (χ0) is 29.0. The number of hydrogen-bond acceptors (Lipinski definition) is 9. The summed E-state index contributed by atoms with van der Waals surface area (Å²) in [5, 5.41) is 11.0. The zero-order valence-corrected chi connectivity index (χ0v) is 23.8. The van der Waals surface area contributed by atoms with Gasteiger partial charge in [0.2, 0.25) is 0 Å². The van der Waals surface area contributed by atoms with Gasteiger partial charge in [0.1, 0.15) is 0 Å². The van der Waals surface area contributed by atoms with Crippen molar-refractivity contribution in [3.63, 3.8) is 0 Å². The predicted octanol–water partition coefficient (Wildman–Crippen LogP) is 4.14. The van der Waals surface area contributed by atoms with Crippen LogP contribution >= 0.6 is 11.3 Å². The molecular weight excluding hydrogens is 534 g/mol. The molecule has 0 bridgehead atoms. The van der Waals surface area contributed by atoms with Crippen molar-refractivity contribution in [1.29, 1.82) is 0 Å². The third kappa shape index (κ3) is 5.99. The summed E-state index contributed by atoms with van der Waals surface area (Å²) in [7, 11) is 1.54. The molecule has 1 atom stereocenters. The third-order valence-electron chi connectivity index (χ3n) is 6.37. The fourth-order valence-electron chi connectivity index (χ4n) is 4.33. The molecule has 0 saturated carbocycles. The Bertz CT molecular complexity index is 1640.